The van der Waals surface area contributed by atoms with Crippen LogP contribution >= 0.6 is 0 Å². The molecule has 0 aliphatic heterocycles. The fourth-order valence-electron chi connectivity index (χ4n) is 2.21. The molecule has 2 amide bonds. The van der Waals surface area contributed by atoms with Gasteiger partial charge in [0.05, 0.1) is 24.3 Å². The molecule has 0 heterocycles. The number of halogens is 3. The number of carbonyl (C=O) groups is 2. The third-order valence-electron chi connectivity index (χ3n) is 3.24. The van der Waals surface area contributed by atoms with Crippen LogP contribution in [0, 0.1) is 5.92 Å². The molecule has 0 aromatic heterocycles. The van der Waals surface area contributed by atoms with Gasteiger partial charge in [-0.15, -0.1) is 0 Å². The lowest BCUT2D eigenvalue weighted by Gasteiger charge is -2.25. The van der Waals surface area contributed by atoms with Gasteiger partial charge in [0.25, 0.3) is 0 Å². The van der Waals surface area contributed by atoms with Crippen molar-refractivity contribution in [2.75, 3.05) is 25.0 Å². The zero-order chi connectivity index (χ0) is 19.0. The van der Waals surface area contributed by atoms with Gasteiger partial charge >= 0.3 is 18.2 Å². The van der Waals surface area contributed by atoms with Crippen LogP contribution in [-0.4, -0.2) is 36.6 Å². The van der Waals surface area contributed by atoms with Crippen LogP contribution in [0.1, 0.15) is 32.8 Å². The number of anilines is 1. The van der Waals surface area contributed by atoms with Crippen molar-refractivity contribution in [2.24, 2.45) is 5.92 Å². The Hall–Kier alpha value is -2.25. The SMILES string of the molecule is CCOC(=O)CCN(CC(C)C)C(=O)Nc1ccccc1C(F)(F)F. The number of benzene rings is 1. The van der Waals surface area contributed by atoms with Crippen molar-refractivity contribution in [1.29, 1.82) is 0 Å². The zero-order valence-electron chi connectivity index (χ0n) is 14.5. The fourth-order valence-corrected chi connectivity index (χ4v) is 2.21. The van der Waals surface area contributed by atoms with Gasteiger partial charge in [0.2, 0.25) is 0 Å². The molecule has 0 spiro atoms. The fraction of sp³-hybridized carbons (Fsp3) is 0.529. The van der Waals surface area contributed by atoms with Crippen LogP contribution in [0.15, 0.2) is 24.3 Å². The molecule has 1 rings (SSSR count). The van der Waals surface area contributed by atoms with Gasteiger partial charge in [-0.3, -0.25) is 4.79 Å². The normalized spacial score (nSPS) is 11.3. The number of nitrogens with zero attached hydrogens (tertiary/aromatic N) is 1. The minimum absolute atomic E-state index is 0.0190. The number of esters is 1. The summed E-state index contributed by atoms with van der Waals surface area (Å²) in [6.07, 6.45) is -4.59. The van der Waals surface area contributed by atoms with Crippen molar-refractivity contribution >= 4 is 17.7 Å². The highest BCUT2D eigenvalue weighted by Gasteiger charge is 2.34. The Bertz CT molecular complexity index is 589. The molecule has 1 N–H and O–H groups in total. The molecule has 1 aromatic carbocycles. The van der Waals surface area contributed by atoms with E-state index in [0.29, 0.717) is 6.54 Å². The number of ether oxygens (including phenoxy) is 1. The molecule has 0 atom stereocenters. The molecule has 0 aliphatic rings. The summed E-state index contributed by atoms with van der Waals surface area (Å²) >= 11 is 0. The molecule has 140 valence electrons. The Balaban J connectivity index is 2.87. The Morgan fingerprint density at radius 3 is 2.44 bits per heavy atom. The van der Waals surface area contributed by atoms with Gasteiger partial charge in [-0.1, -0.05) is 26.0 Å². The van der Waals surface area contributed by atoms with E-state index in [1.807, 2.05) is 13.8 Å². The molecule has 0 bridgehead atoms. The smallest absolute Gasteiger partial charge is 0.418 e. The Morgan fingerprint density at radius 2 is 1.88 bits per heavy atom. The molecule has 25 heavy (non-hydrogen) atoms. The predicted molar refractivity (Wildman–Crippen MR) is 88.1 cm³/mol. The summed E-state index contributed by atoms with van der Waals surface area (Å²) < 4.78 is 43.9. The van der Waals surface area contributed by atoms with Gasteiger partial charge < -0.3 is 15.0 Å². The van der Waals surface area contributed by atoms with Crippen LogP contribution < -0.4 is 5.32 Å². The van der Waals surface area contributed by atoms with Gasteiger partial charge in [0.1, 0.15) is 0 Å². The van der Waals surface area contributed by atoms with E-state index < -0.39 is 23.7 Å². The van der Waals surface area contributed by atoms with Gasteiger partial charge in [-0.25, -0.2) is 4.79 Å². The number of amides is 2. The topological polar surface area (TPSA) is 58.6 Å². The highest BCUT2D eigenvalue weighted by atomic mass is 19.4. The summed E-state index contributed by atoms with van der Waals surface area (Å²) in [6.45, 7) is 6.01. The molecule has 0 aliphatic carbocycles. The highest BCUT2D eigenvalue weighted by molar-refractivity contribution is 5.90. The van der Waals surface area contributed by atoms with Crippen LogP contribution in [0.3, 0.4) is 0 Å². The van der Waals surface area contributed by atoms with Crippen LogP contribution in [0.2, 0.25) is 0 Å². The lowest BCUT2D eigenvalue weighted by Crippen LogP contribution is -2.39. The number of nitrogens with one attached hydrogen (secondary N) is 1. The molecule has 1 aromatic rings. The lowest BCUT2D eigenvalue weighted by molar-refractivity contribution is -0.143. The number of hydrogen-bond donors (Lipinski definition) is 1. The number of para-hydroxylation sites is 1. The first-order valence-electron chi connectivity index (χ1n) is 8.03. The van der Waals surface area contributed by atoms with Crippen molar-refractivity contribution in [3.63, 3.8) is 0 Å². The molecule has 8 heteroatoms. The van der Waals surface area contributed by atoms with Crippen molar-refractivity contribution in [1.82, 2.24) is 4.90 Å². The first-order chi connectivity index (χ1) is 11.6. The number of alkyl halides is 3. The monoisotopic (exact) mass is 360 g/mol. The molecular formula is C17H23F3N2O3. The standard InChI is InChI=1S/C17H23F3N2O3/c1-4-25-15(23)9-10-22(11-12(2)3)16(24)21-14-8-6-5-7-13(14)17(18,19)20/h5-8,12H,4,9-11H2,1-3H3,(H,21,24). The van der Waals surface area contributed by atoms with E-state index in [4.69, 9.17) is 4.74 Å². The summed E-state index contributed by atoms with van der Waals surface area (Å²) in [5.74, 6) is -0.370. The Kier molecular flexibility index (Phi) is 7.73. The van der Waals surface area contributed by atoms with E-state index in [0.717, 1.165) is 6.07 Å². The average molecular weight is 360 g/mol. The van der Waals surface area contributed by atoms with Crippen LogP contribution in [0.5, 0.6) is 0 Å². The van der Waals surface area contributed by atoms with E-state index in [2.05, 4.69) is 5.32 Å². The maximum absolute atomic E-state index is 13.0. The number of rotatable bonds is 7. The molecule has 0 radical (unpaired) electrons. The van der Waals surface area contributed by atoms with Crippen molar-refractivity contribution in [2.45, 2.75) is 33.4 Å². The van der Waals surface area contributed by atoms with Crippen LogP contribution in [-0.2, 0) is 15.7 Å². The van der Waals surface area contributed by atoms with Crippen LogP contribution in [0.25, 0.3) is 0 Å². The van der Waals surface area contributed by atoms with Gasteiger partial charge in [-0.05, 0) is 25.0 Å². The molecular weight excluding hydrogens is 337 g/mol. The maximum Gasteiger partial charge on any atom is 0.418 e. The Morgan fingerprint density at radius 1 is 1.24 bits per heavy atom. The van der Waals surface area contributed by atoms with Gasteiger partial charge in [-0.2, -0.15) is 13.2 Å². The highest BCUT2D eigenvalue weighted by Crippen LogP contribution is 2.34. The minimum atomic E-state index is -4.57. The summed E-state index contributed by atoms with van der Waals surface area (Å²) in [7, 11) is 0. The predicted octanol–water partition coefficient (Wildman–Crippen LogP) is 4.15. The average Bonchev–Trinajstić information content (AvgIpc) is 2.50. The third kappa shape index (κ3) is 7.03. The second-order valence-corrected chi connectivity index (χ2v) is 5.87. The first kappa shape index (κ1) is 20.8. The maximum atomic E-state index is 13.0. The third-order valence-corrected chi connectivity index (χ3v) is 3.24. The van der Waals surface area contributed by atoms with E-state index in [1.165, 1.54) is 23.1 Å². The summed E-state index contributed by atoms with van der Waals surface area (Å²) in [6, 6.07) is 4.08. The minimum Gasteiger partial charge on any atom is -0.466 e. The van der Waals surface area contributed by atoms with E-state index in [-0.39, 0.29) is 31.2 Å². The molecule has 0 fully saturated rings. The van der Waals surface area contributed by atoms with E-state index in [1.54, 1.807) is 6.92 Å². The molecule has 0 saturated carbocycles. The second kappa shape index (κ2) is 9.29. The quantitative estimate of drug-likeness (QED) is 0.743. The summed E-state index contributed by atoms with van der Waals surface area (Å²) in [5, 5.41) is 2.29. The van der Waals surface area contributed by atoms with Crippen molar-refractivity contribution in [3.8, 4) is 0 Å². The summed E-state index contributed by atoms with van der Waals surface area (Å²) in [5.41, 5.74) is -1.23. The second-order valence-electron chi connectivity index (χ2n) is 5.87. The molecule has 0 unspecified atom stereocenters. The lowest BCUT2D eigenvalue weighted by atomic mass is 10.1. The van der Waals surface area contributed by atoms with Crippen LogP contribution in [0.4, 0.5) is 23.7 Å². The molecule has 5 nitrogen and oxygen atoms in total. The van der Waals surface area contributed by atoms with Crippen molar-refractivity contribution in [3.05, 3.63) is 29.8 Å². The zero-order valence-corrected chi connectivity index (χ0v) is 14.5. The van der Waals surface area contributed by atoms with E-state index >= 15 is 0 Å². The van der Waals surface area contributed by atoms with E-state index in [9.17, 15) is 22.8 Å². The van der Waals surface area contributed by atoms with Gasteiger partial charge in [0.15, 0.2) is 0 Å². The number of carbonyl (C=O) groups excluding carboxylic acids is 2. The number of hydrogen-bond acceptors (Lipinski definition) is 3. The Labute approximate surface area is 145 Å². The molecule has 0 saturated heterocycles. The van der Waals surface area contributed by atoms with Gasteiger partial charge in [0, 0.05) is 13.1 Å². The largest absolute Gasteiger partial charge is 0.466 e. The number of urea groups is 1. The first-order valence-corrected chi connectivity index (χ1v) is 8.03. The summed E-state index contributed by atoms with van der Waals surface area (Å²) in [4.78, 5) is 25.2. The van der Waals surface area contributed by atoms with Crippen molar-refractivity contribution < 1.29 is 27.5 Å².